The molecule has 21 heavy (non-hydrogen) atoms. The van der Waals surface area contributed by atoms with Crippen LogP contribution in [0.4, 0.5) is 5.82 Å². The second kappa shape index (κ2) is 6.19. The van der Waals surface area contributed by atoms with E-state index in [0.29, 0.717) is 10.8 Å². The zero-order valence-electron chi connectivity index (χ0n) is 11.3. The molecule has 0 aliphatic heterocycles. The second-order valence-electron chi connectivity index (χ2n) is 3.98. The van der Waals surface area contributed by atoms with Gasteiger partial charge in [-0.2, -0.15) is 0 Å². The molecule has 0 radical (unpaired) electrons. The van der Waals surface area contributed by atoms with Crippen LogP contribution < -0.4 is 14.2 Å². The Morgan fingerprint density at radius 3 is 2.48 bits per heavy atom. The van der Waals surface area contributed by atoms with Gasteiger partial charge in [0, 0.05) is 12.3 Å². The number of pyridine rings is 1. The minimum atomic E-state index is -3.83. The fraction of sp³-hybridized carbons (Fsp3) is 0.154. The van der Waals surface area contributed by atoms with Crippen molar-refractivity contribution in [2.24, 2.45) is 0 Å². The summed E-state index contributed by atoms with van der Waals surface area (Å²) in [6, 6.07) is 7.43. The summed E-state index contributed by atoms with van der Waals surface area (Å²) in [4.78, 5) is 3.88. The molecule has 0 aliphatic rings. The number of nitrogens with zero attached hydrogens (tertiary/aromatic N) is 1. The predicted octanol–water partition coefficient (Wildman–Crippen LogP) is 2.55. The van der Waals surface area contributed by atoms with Gasteiger partial charge in [0.05, 0.1) is 19.2 Å². The first-order valence-electron chi connectivity index (χ1n) is 5.82. The Morgan fingerprint density at radius 1 is 1.14 bits per heavy atom. The third-order valence-corrected chi connectivity index (χ3v) is 4.24. The number of anilines is 1. The minimum absolute atomic E-state index is 0.0115. The SMILES string of the molecule is COc1ccc(S(=O)(=O)Nc2ccc(Cl)cn2)c(OC)c1. The second-order valence-corrected chi connectivity index (χ2v) is 6.07. The Hall–Kier alpha value is -1.99. The van der Waals surface area contributed by atoms with Crippen molar-refractivity contribution in [3.63, 3.8) is 0 Å². The summed E-state index contributed by atoms with van der Waals surface area (Å²) in [5, 5.41) is 0.417. The van der Waals surface area contributed by atoms with Crippen LogP contribution in [0.25, 0.3) is 0 Å². The lowest BCUT2D eigenvalue weighted by molar-refractivity contribution is 0.386. The highest BCUT2D eigenvalue weighted by Gasteiger charge is 2.20. The number of hydrogen-bond donors (Lipinski definition) is 1. The summed E-state index contributed by atoms with van der Waals surface area (Å²) < 4.78 is 37.2. The first-order valence-corrected chi connectivity index (χ1v) is 7.69. The van der Waals surface area contributed by atoms with E-state index < -0.39 is 10.0 Å². The van der Waals surface area contributed by atoms with Gasteiger partial charge in [0.1, 0.15) is 22.2 Å². The molecular formula is C13H13ClN2O4S. The van der Waals surface area contributed by atoms with Crippen LogP contribution >= 0.6 is 11.6 Å². The smallest absolute Gasteiger partial charge is 0.266 e. The highest BCUT2D eigenvalue weighted by molar-refractivity contribution is 7.92. The predicted molar refractivity (Wildman–Crippen MR) is 79.6 cm³/mol. The van der Waals surface area contributed by atoms with E-state index in [9.17, 15) is 8.42 Å². The van der Waals surface area contributed by atoms with E-state index >= 15 is 0 Å². The van der Waals surface area contributed by atoms with Gasteiger partial charge >= 0.3 is 0 Å². The topological polar surface area (TPSA) is 77.5 Å². The minimum Gasteiger partial charge on any atom is -0.497 e. The van der Waals surface area contributed by atoms with Gasteiger partial charge in [0.25, 0.3) is 10.0 Å². The normalized spacial score (nSPS) is 11.0. The summed E-state index contributed by atoms with van der Waals surface area (Å²) in [6.45, 7) is 0. The van der Waals surface area contributed by atoms with Crippen LogP contribution in [0.2, 0.25) is 5.02 Å². The fourth-order valence-corrected chi connectivity index (χ4v) is 2.90. The van der Waals surface area contributed by atoms with E-state index in [0.717, 1.165) is 0 Å². The molecule has 1 heterocycles. The third kappa shape index (κ3) is 3.56. The van der Waals surface area contributed by atoms with Crippen molar-refractivity contribution in [3.05, 3.63) is 41.6 Å². The summed E-state index contributed by atoms with van der Waals surface area (Å²) in [5.74, 6) is 0.837. The standard InChI is InChI=1S/C13H13ClN2O4S/c1-19-10-4-5-12(11(7-10)20-2)21(17,18)16-13-6-3-9(14)8-15-13/h3-8H,1-2H3,(H,15,16). The number of hydrogen-bond acceptors (Lipinski definition) is 5. The Morgan fingerprint density at radius 2 is 1.90 bits per heavy atom. The van der Waals surface area contributed by atoms with E-state index in [2.05, 4.69) is 9.71 Å². The summed E-state index contributed by atoms with van der Waals surface area (Å²) in [5.41, 5.74) is 0. The number of sulfonamides is 1. The average Bonchev–Trinajstić information content (AvgIpc) is 2.48. The average molecular weight is 329 g/mol. The van der Waals surface area contributed by atoms with Crippen LogP contribution in [0.15, 0.2) is 41.4 Å². The van der Waals surface area contributed by atoms with Gasteiger partial charge in [-0.05, 0) is 24.3 Å². The van der Waals surface area contributed by atoms with Crippen molar-refractivity contribution in [3.8, 4) is 11.5 Å². The van der Waals surface area contributed by atoms with Crippen LogP contribution in [0.1, 0.15) is 0 Å². The molecule has 2 rings (SSSR count). The first-order chi connectivity index (χ1) is 9.96. The van der Waals surface area contributed by atoms with E-state index in [1.807, 2.05) is 0 Å². The number of methoxy groups -OCH3 is 2. The molecule has 0 unspecified atom stereocenters. The molecule has 0 atom stereocenters. The quantitative estimate of drug-likeness (QED) is 0.912. The Balaban J connectivity index is 2.37. The number of aromatic nitrogens is 1. The van der Waals surface area contributed by atoms with Gasteiger partial charge in [0.2, 0.25) is 0 Å². The lowest BCUT2D eigenvalue weighted by Crippen LogP contribution is -2.15. The molecule has 0 amide bonds. The molecule has 0 saturated heterocycles. The van der Waals surface area contributed by atoms with E-state index in [4.69, 9.17) is 21.1 Å². The fourth-order valence-electron chi connectivity index (χ4n) is 1.63. The summed E-state index contributed by atoms with van der Waals surface area (Å²) in [6.07, 6.45) is 1.35. The third-order valence-electron chi connectivity index (χ3n) is 2.63. The largest absolute Gasteiger partial charge is 0.497 e. The van der Waals surface area contributed by atoms with Crippen molar-refractivity contribution < 1.29 is 17.9 Å². The van der Waals surface area contributed by atoms with E-state index in [-0.39, 0.29) is 16.5 Å². The maximum Gasteiger partial charge on any atom is 0.266 e. The van der Waals surface area contributed by atoms with Crippen LogP contribution in [-0.2, 0) is 10.0 Å². The Bertz CT molecular complexity index is 732. The molecule has 6 nitrogen and oxygen atoms in total. The lowest BCUT2D eigenvalue weighted by Gasteiger charge is -2.12. The highest BCUT2D eigenvalue weighted by atomic mass is 35.5. The zero-order valence-corrected chi connectivity index (χ0v) is 12.9. The van der Waals surface area contributed by atoms with Crippen LogP contribution in [-0.4, -0.2) is 27.6 Å². The molecule has 8 heteroatoms. The summed E-state index contributed by atoms with van der Waals surface area (Å²) in [7, 11) is -0.962. The van der Waals surface area contributed by atoms with Crippen molar-refractivity contribution in [2.75, 3.05) is 18.9 Å². The molecule has 0 aliphatic carbocycles. The number of nitrogens with one attached hydrogen (secondary N) is 1. The monoisotopic (exact) mass is 328 g/mol. The van der Waals surface area contributed by atoms with Crippen LogP contribution in [0.3, 0.4) is 0 Å². The van der Waals surface area contributed by atoms with Crippen molar-refractivity contribution in [1.82, 2.24) is 4.98 Å². The van der Waals surface area contributed by atoms with Gasteiger partial charge in [-0.25, -0.2) is 13.4 Å². The van der Waals surface area contributed by atoms with E-state index in [1.165, 1.54) is 50.7 Å². The maximum absolute atomic E-state index is 12.4. The molecule has 1 aromatic heterocycles. The Labute approximate surface area is 127 Å². The molecule has 2 aromatic rings. The molecule has 0 spiro atoms. The van der Waals surface area contributed by atoms with Crippen molar-refractivity contribution in [2.45, 2.75) is 4.90 Å². The Kier molecular flexibility index (Phi) is 4.54. The number of halogens is 1. The molecule has 1 aromatic carbocycles. The first kappa shape index (κ1) is 15.4. The molecule has 1 N–H and O–H groups in total. The summed E-state index contributed by atoms with van der Waals surface area (Å²) >= 11 is 5.71. The van der Waals surface area contributed by atoms with Crippen LogP contribution in [0.5, 0.6) is 11.5 Å². The molecule has 0 saturated carbocycles. The van der Waals surface area contributed by atoms with Gasteiger partial charge < -0.3 is 9.47 Å². The van der Waals surface area contributed by atoms with Gasteiger partial charge in [-0.3, -0.25) is 4.72 Å². The van der Waals surface area contributed by atoms with E-state index in [1.54, 1.807) is 0 Å². The molecule has 112 valence electrons. The highest BCUT2D eigenvalue weighted by Crippen LogP contribution is 2.29. The maximum atomic E-state index is 12.4. The van der Waals surface area contributed by atoms with Crippen molar-refractivity contribution >= 4 is 27.4 Å². The molecule has 0 bridgehead atoms. The van der Waals surface area contributed by atoms with Gasteiger partial charge in [0.15, 0.2) is 0 Å². The van der Waals surface area contributed by atoms with Gasteiger partial charge in [-0.1, -0.05) is 11.6 Å². The number of benzene rings is 1. The molecular weight excluding hydrogens is 316 g/mol. The lowest BCUT2D eigenvalue weighted by atomic mass is 10.3. The van der Waals surface area contributed by atoms with Crippen LogP contribution in [0, 0.1) is 0 Å². The van der Waals surface area contributed by atoms with Crippen molar-refractivity contribution in [1.29, 1.82) is 0 Å². The number of rotatable bonds is 5. The zero-order chi connectivity index (χ0) is 15.5. The van der Waals surface area contributed by atoms with Gasteiger partial charge in [-0.15, -0.1) is 0 Å². The molecule has 0 fully saturated rings. The number of ether oxygens (including phenoxy) is 2.